The number of hydrogen-bond donors (Lipinski definition) is 1. The zero-order valence-corrected chi connectivity index (χ0v) is 16.2. The second kappa shape index (κ2) is 9.10. The number of benzene rings is 1. The molecule has 0 atom stereocenters. The van der Waals surface area contributed by atoms with Crippen molar-refractivity contribution in [2.75, 3.05) is 18.4 Å². The molecule has 1 heterocycles. The maximum absolute atomic E-state index is 12.9. The lowest BCUT2D eigenvalue weighted by Crippen LogP contribution is -2.30. The second-order valence-corrected chi connectivity index (χ2v) is 6.74. The van der Waals surface area contributed by atoms with Crippen LogP contribution >= 0.6 is 11.3 Å². The lowest BCUT2D eigenvalue weighted by Gasteiger charge is -2.17. The van der Waals surface area contributed by atoms with Crippen molar-refractivity contribution in [2.24, 2.45) is 0 Å². The fourth-order valence-electron chi connectivity index (χ4n) is 2.49. The Balaban J connectivity index is 2.21. The normalized spacial score (nSPS) is 10.6. The number of nitrogens with zero attached hydrogens (tertiary/aromatic N) is 2. The number of rotatable bonds is 6. The van der Waals surface area contributed by atoms with Gasteiger partial charge in [0.15, 0.2) is 0 Å². The average Bonchev–Trinajstić information content (AvgIpc) is 2.97. The average molecular weight is 385 g/mol. The summed E-state index contributed by atoms with van der Waals surface area (Å²) in [4.78, 5) is 26.9. The molecule has 2 rings (SSSR count). The quantitative estimate of drug-likeness (QED) is 0.758. The van der Waals surface area contributed by atoms with Crippen molar-refractivity contribution in [1.29, 1.82) is 5.26 Å². The molecule has 0 aliphatic heterocycles. The van der Waals surface area contributed by atoms with Crippen LogP contribution in [0, 0.1) is 24.1 Å². The molecular weight excluding hydrogens is 365 g/mol. The van der Waals surface area contributed by atoms with Crippen molar-refractivity contribution in [3.8, 4) is 6.07 Å². The molecule has 0 saturated carbocycles. The molecule has 1 aromatic heterocycles. The molecule has 7 heteroatoms. The minimum atomic E-state index is -0.432. The number of hydrogen-bond acceptors (Lipinski definition) is 4. The molecule has 27 heavy (non-hydrogen) atoms. The summed E-state index contributed by atoms with van der Waals surface area (Å²) < 4.78 is 12.9. The van der Waals surface area contributed by atoms with E-state index in [9.17, 15) is 19.2 Å². The first kappa shape index (κ1) is 20.3. The molecule has 0 radical (unpaired) electrons. The molecule has 0 bridgehead atoms. The molecule has 2 aromatic rings. The van der Waals surface area contributed by atoms with E-state index in [2.05, 4.69) is 11.4 Å². The Morgan fingerprint density at radius 3 is 2.44 bits per heavy atom. The maximum atomic E-state index is 12.9. The molecule has 5 nitrogen and oxygen atoms in total. The molecule has 0 unspecified atom stereocenters. The lowest BCUT2D eigenvalue weighted by atomic mass is 10.1. The third-order valence-corrected chi connectivity index (χ3v) is 5.23. The van der Waals surface area contributed by atoms with Gasteiger partial charge in [-0.1, -0.05) is 12.1 Å². The van der Waals surface area contributed by atoms with E-state index in [1.54, 1.807) is 30.0 Å². The van der Waals surface area contributed by atoms with Gasteiger partial charge in [0, 0.05) is 19.2 Å². The van der Waals surface area contributed by atoms with Gasteiger partial charge in [0.25, 0.3) is 5.91 Å². The van der Waals surface area contributed by atoms with E-state index in [4.69, 9.17) is 0 Å². The molecule has 0 spiro atoms. The van der Waals surface area contributed by atoms with E-state index >= 15 is 0 Å². The van der Waals surface area contributed by atoms with Crippen LogP contribution < -0.4 is 5.32 Å². The van der Waals surface area contributed by atoms with E-state index in [1.807, 2.05) is 13.8 Å². The molecule has 1 aromatic carbocycles. The van der Waals surface area contributed by atoms with Crippen molar-refractivity contribution in [2.45, 2.75) is 20.8 Å². The summed E-state index contributed by atoms with van der Waals surface area (Å²) in [7, 11) is 0. The van der Waals surface area contributed by atoms with Gasteiger partial charge in [-0.2, -0.15) is 5.26 Å². The van der Waals surface area contributed by atoms with E-state index in [-0.39, 0.29) is 11.7 Å². The maximum Gasteiger partial charge on any atom is 0.264 e. The number of carbonyl (C=O) groups is 2. The molecule has 0 aliphatic rings. The molecule has 2 amide bonds. The van der Waals surface area contributed by atoms with E-state index < -0.39 is 5.91 Å². The number of thiophene rings is 1. The van der Waals surface area contributed by atoms with Crippen LogP contribution in [0.1, 0.15) is 40.2 Å². The summed E-state index contributed by atoms with van der Waals surface area (Å²) >= 11 is 1.10. The molecule has 0 fully saturated rings. The van der Waals surface area contributed by atoms with Gasteiger partial charge < -0.3 is 10.2 Å². The van der Waals surface area contributed by atoms with Gasteiger partial charge in [-0.3, -0.25) is 9.59 Å². The summed E-state index contributed by atoms with van der Waals surface area (Å²) in [5.41, 5.74) is 1.53. The van der Waals surface area contributed by atoms with Gasteiger partial charge in [0.1, 0.15) is 16.9 Å². The second-order valence-electron chi connectivity index (χ2n) is 5.72. The van der Waals surface area contributed by atoms with Crippen LogP contribution in [0.3, 0.4) is 0 Å². The lowest BCUT2D eigenvalue weighted by molar-refractivity contribution is -0.111. The number of halogens is 1. The largest absolute Gasteiger partial charge is 0.338 e. The Morgan fingerprint density at radius 2 is 1.89 bits per heavy atom. The van der Waals surface area contributed by atoms with Crippen molar-refractivity contribution in [1.82, 2.24) is 4.90 Å². The molecule has 140 valence electrons. The monoisotopic (exact) mass is 385 g/mol. The minimum Gasteiger partial charge on any atom is -0.338 e. The van der Waals surface area contributed by atoms with Crippen LogP contribution in [0.4, 0.5) is 9.39 Å². The van der Waals surface area contributed by atoms with Crippen molar-refractivity contribution in [3.05, 3.63) is 57.7 Å². The van der Waals surface area contributed by atoms with Crippen molar-refractivity contribution in [3.63, 3.8) is 0 Å². The van der Waals surface area contributed by atoms with Crippen LogP contribution in [0.25, 0.3) is 6.08 Å². The highest BCUT2D eigenvalue weighted by atomic mass is 32.1. The van der Waals surface area contributed by atoms with Crippen molar-refractivity contribution < 1.29 is 14.0 Å². The highest BCUT2D eigenvalue weighted by Crippen LogP contribution is 2.33. The highest BCUT2D eigenvalue weighted by molar-refractivity contribution is 7.18. The number of amides is 2. The predicted octanol–water partition coefficient (Wildman–Crippen LogP) is 4.20. The topological polar surface area (TPSA) is 73.2 Å². The number of carbonyl (C=O) groups excluding carboxylic acids is 2. The fraction of sp³-hybridized carbons (Fsp3) is 0.250. The molecular formula is C20H20FN3O2S. The zero-order chi connectivity index (χ0) is 20.0. The summed E-state index contributed by atoms with van der Waals surface area (Å²) in [6, 6.07) is 7.77. The Hall–Kier alpha value is -2.98. The predicted molar refractivity (Wildman–Crippen MR) is 105 cm³/mol. The van der Waals surface area contributed by atoms with Gasteiger partial charge in [0.2, 0.25) is 5.91 Å². The summed E-state index contributed by atoms with van der Waals surface area (Å²) in [5.74, 6) is -0.935. The molecule has 0 saturated heterocycles. The Kier molecular flexibility index (Phi) is 6.85. The van der Waals surface area contributed by atoms with Gasteiger partial charge in [-0.25, -0.2) is 4.39 Å². The molecule has 1 N–H and O–H groups in total. The van der Waals surface area contributed by atoms with Gasteiger partial charge >= 0.3 is 0 Å². The van der Waals surface area contributed by atoms with E-state index in [0.717, 1.165) is 11.3 Å². The van der Waals surface area contributed by atoms with Crippen LogP contribution in [0.5, 0.6) is 0 Å². The molecule has 0 aliphatic carbocycles. The van der Waals surface area contributed by atoms with E-state index in [1.165, 1.54) is 18.2 Å². The van der Waals surface area contributed by atoms with Crippen LogP contribution in [0.2, 0.25) is 0 Å². The highest BCUT2D eigenvalue weighted by Gasteiger charge is 2.23. The first-order valence-electron chi connectivity index (χ1n) is 8.48. The summed E-state index contributed by atoms with van der Waals surface area (Å²) in [6.45, 7) is 6.61. The van der Waals surface area contributed by atoms with Crippen LogP contribution in [0.15, 0.2) is 30.3 Å². The first-order valence-corrected chi connectivity index (χ1v) is 9.30. The third kappa shape index (κ3) is 4.80. The van der Waals surface area contributed by atoms with Gasteiger partial charge in [0.05, 0.1) is 10.4 Å². The van der Waals surface area contributed by atoms with Crippen LogP contribution in [-0.4, -0.2) is 29.8 Å². The first-order chi connectivity index (χ1) is 12.9. The smallest absolute Gasteiger partial charge is 0.264 e. The number of nitriles is 1. The SMILES string of the molecule is CCN(CC)C(=O)c1sc(NC(=O)/C=C/c2ccc(F)cc2)c(C#N)c1C. The summed E-state index contributed by atoms with van der Waals surface area (Å²) in [6.07, 6.45) is 2.85. The fourth-order valence-corrected chi connectivity index (χ4v) is 3.62. The van der Waals surface area contributed by atoms with Gasteiger partial charge in [-0.05, 0) is 50.1 Å². The Bertz CT molecular complexity index is 907. The number of nitrogens with one attached hydrogen (secondary N) is 1. The number of anilines is 1. The summed E-state index contributed by atoms with van der Waals surface area (Å²) in [5, 5.41) is 12.4. The zero-order valence-electron chi connectivity index (χ0n) is 15.4. The van der Waals surface area contributed by atoms with Gasteiger partial charge in [-0.15, -0.1) is 11.3 Å². The van der Waals surface area contributed by atoms with Crippen molar-refractivity contribution >= 4 is 34.2 Å². The van der Waals surface area contributed by atoms with Crippen LogP contribution in [-0.2, 0) is 4.79 Å². The Labute approximate surface area is 161 Å². The third-order valence-electron chi connectivity index (χ3n) is 4.04. The Morgan fingerprint density at radius 1 is 1.26 bits per heavy atom. The standard InChI is InChI=1S/C20H20FN3O2S/c1-4-24(5-2)20(26)18-13(3)16(12-22)19(27-18)23-17(25)11-8-14-6-9-15(21)10-7-14/h6-11H,4-5H2,1-3H3,(H,23,25)/b11-8+. The minimum absolute atomic E-state index is 0.152. The van der Waals surface area contributed by atoms with E-state index in [0.29, 0.717) is 39.7 Å².